The Labute approximate surface area is 229 Å². The number of ether oxygens (including phenoxy) is 1. The lowest BCUT2D eigenvalue weighted by Crippen LogP contribution is -2.34. The van der Waals surface area contributed by atoms with Gasteiger partial charge in [-0.05, 0) is 55.7 Å². The molecule has 1 aliphatic carbocycles. The van der Waals surface area contributed by atoms with Gasteiger partial charge in [-0.3, -0.25) is 9.48 Å². The molecule has 1 aromatic carbocycles. The Morgan fingerprint density at radius 2 is 1.82 bits per heavy atom. The molecule has 39 heavy (non-hydrogen) atoms. The zero-order valence-corrected chi connectivity index (χ0v) is 23.5. The van der Waals surface area contributed by atoms with Crippen molar-refractivity contribution in [2.75, 3.05) is 12.8 Å². The van der Waals surface area contributed by atoms with Crippen LogP contribution in [0.15, 0.2) is 18.2 Å². The number of hydrogen-bond acceptors (Lipinski definition) is 5. The lowest BCUT2D eigenvalue weighted by atomic mass is 9.84. The first-order valence-corrected chi connectivity index (χ1v) is 14.6. The Hall–Kier alpha value is -2.41. The zero-order valence-electron chi connectivity index (χ0n) is 21.9. The minimum Gasteiger partial charge on any atom is -0.434 e. The highest BCUT2D eigenvalue weighted by Gasteiger charge is 2.47. The number of nitrogens with one attached hydrogen (secondary N) is 1. The monoisotopic (exact) mass is 599 g/mol. The molecule has 0 saturated heterocycles. The number of carbonyl (C=O) groups excluding carboxylic acids is 1. The van der Waals surface area contributed by atoms with Gasteiger partial charge < -0.3 is 10.1 Å². The van der Waals surface area contributed by atoms with Gasteiger partial charge in [-0.25, -0.2) is 8.42 Å². The number of alkyl halides is 5. The van der Waals surface area contributed by atoms with Crippen molar-refractivity contribution < 1.29 is 39.9 Å². The van der Waals surface area contributed by atoms with Crippen molar-refractivity contribution in [3.05, 3.63) is 34.5 Å². The maximum absolute atomic E-state index is 13.4. The number of amides is 1. The van der Waals surface area contributed by atoms with Crippen LogP contribution in [0.3, 0.4) is 0 Å². The van der Waals surface area contributed by atoms with E-state index in [1.165, 1.54) is 30.1 Å². The molecular formula is C25H31ClF5N3O4S. The second kappa shape index (κ2) is 11.6. The smallest absolute Gasteiger partial charge is 0.394 e. The molecule has 1 saturated carbocycles. The first-order valence-electron chi connectivity index (χ1n) is 12.2. The highest BCUT2D eigenvalue weighted by Crippen LogP contribution is 2.43. The molecule has 1 aliphatic rings. The van der Waals surface area contributed by atoms with E-state index in [4.69, 9.17) is 11.6 Å². The van der Waals surface area contributed by atoms with Gasteiger partial charge in [0.25, 0.3) is 5.91 Å². The highest BCUT2D eigenvalue weighted by atomic mass is 35.5. The van der Waals surface area contributed by atoms with Crippen LogP contribution in [-0.4, -0.2) is 54.9 Å². The number of aromatic nitrogens is 2. The molecule has 14 heteroatoms. The second-order valence-electron chi connectivity index (χ2n) is 10.6. The van der Waals surface area contributed by atoms with Crippen LogP contribution >= 0.6 is 11.6 Å². The Kier molecular flexibility index (Phi) is 9.26. The molecule has 3 rings (SSSR count). The number of sulfone groups is 1. The summed E-state index contributed by atoms with van der Waals surface area (Å²) in [7, 11) is -1.67. The maximum Gasteiger partial charge on any atom is 0.394 e. The van der Waals surface area contributed by atoms with Gasteiger partial charge in [-0.1, -0.05) is 31.5 Å². The van der Waals surface area contributed by atoms with Crippen LogP contribution in [-0.2, 0) is 23.3 Å². The summed E-state index contributed by atoms with van der Waals surface area (Å²) in [6, 6.07) is 3.77. The fourth-order valence-corrected chi connectivity index (χ4v) is 6.17. The Balaban J connectivity index is 1.82. The number of aryl methyl sites for hydroxylation is 1. The highest BCUT2D eigenvalue weighted by molar-refractivity contribution is 7.91. The van der Waals surface area contributed by atoms with Gasteiger partial charge in [0.2, 0.25) is 0 Å². The van der Waals surface area contributed by atoms with E-state index in [2.05, 4.69) is 15.2 Å². The van der Waals surface area contributed by atoms with Crippen molar-refractivity contribution in [2.24, 2.45) is 18.4 Å². The first-order chi connectivity index (χ1) is 17.9. The van der Waals surface area contributed by atoms with Crippen LogP contribution in [0.2, 0.25) is 5.02 Å². The third-order valence-electron chi connectivity index (χ3n) is 7.09. The van der Waals surface area contributed by atoms with Crippen LogP contribution < -0.4 is 10.1 Å². The van der Waals surface area contributed by atoms with E-state index in [9.17, 15) is 35.2 Å². The van der Waals surface area contributed by atoms with Crippen LogP contribution in [0.1, 0.15) is 55.6 Å². The second-order valence-corrected chi connectivity index (χ2v) is 13.3. The zero-order chi connectivity index (χ0) is 29.3. The van der Waals surface area contributed by atoms with Crippen molar-refractivity contribution >= 4 is 27.3 Å². The van der Waals surface area contributed by atoms with Crippen molar-refractivity contribution in [1.29, 1.82) is 0 Å². The molecule has 1 aromatic heterocycles. The molecule has 2 aromatic rings. The first kappa shape index (κ1) is 31.1. The molecule has 0 aliphatic heterocycles. The minimum absolute atomic E-state index is 0.0296. The van der Waals surface area contributed by atoms with Gasteiger partial charge >= 0.3 is 12.8 Å². The Bertz CT molecular complexity index is 1300. The largest absolute Gasteiger partial charge is 0.434 e. The topological polar surface area (TPSA) is 90.3 Å². The fraction of sp³-hybridized carbons (Fsp3) is 0.600. The van der Waals surface area contributed by atoms with Gasteiger partial charge in [0, 0.05) is 25.4 Å². The van der Waals surface area contributed by atoms with Crippen LogP contribution in [0.4, 0.5) is 22.0 Å². The molecule has 0 unspecified atom stereocenters. The van der Waals surface area contributed by atoms with Crippen molar-refractivity contribution in [3.63, 3.8) is 0 Å². The molecule has 1 fully saturated rings. The molecule has 0 bridgehead atoms. The van der Waals surface area contributed by atoms with Gasteiger partial charge in [0.05, 0.1) is 21.4 Å². The van der Waals surface area contributed by atoms with E-state index in [1.807, 2.05) is 0 Å². The van der Waals surface area contributed by atoms with Gasteiger partial charge in [0.15, 0.2) is 5.69 Å². The summed E-state index contributed by atoms with van der Waals surface area (Å²) in [6.45, 7) is -0.966. The van der Waals surface area contributed by atoms with E-state index >= 15 is 0 Å². The summed E-state index contributed by atoms with van der Waals surface area (Å²) in [5, 5.41) is 6.35. The lowest BCUT2D eigenvalue weighted by Gasteiger charge is -2.28. The number of halogens is 6. The van der Waals surface area contributed by atoms with Gasteiger partial charge in [0.1, 0.15) is 15.6 Å². The number of carbonyl (C=O) groups is 1. The number of nitrogens with zero attached hydrogens (tertiary/aromatic N) is 2. The summed E-state index contributed by atoms with van der Waals surface area (Å²) in [6.07, 6.45) is -1.50. The van der Waals surface area contributed by atoms with E-state index in [1.54, 1.807) is 0 Å². The third kappa shape index (κ3) is 7.41. The molecule has 0 radical (unpaired) electrons. The molecule has 218 valence electrons. The van der Waals surface area contributed by atoms with Gasteiger partial charge in [-0.15, -0.1) is 0 Å². The van der Waals surface area contributed by atoms with Crippen molar-refractivity contribution in [2.45, 2.75) is 64.0 Å². The molecule has 1 N–H and O–H groups in total. The summed E-state index contributed by atoms with van der Waals surface area (Å²) in [4.78, 5) is 12.9. The predicted molar refractivity (Wildman–Crippen MR) is 137 cm³/mol. The van der Waals surface area contributed by atoms with E-state index in [-0.39, 0.29) is 45.2 Å². The van der Waals surface area contributed by atoms with Gasteiger partial charge in [-0.2, -0.15) is 27.1 Å². The fourth-order valence-electron chi connectivity index (χ4n) is 4.70. The van der Waals surface area contributed by atoms with Crippen LogP contribution in [0.5, 0.6) is 5.75 Å². The number of hydrogen-bond donors (Lipinski definition) is 1. The number of rotatable bonds is 9. The van der Waals surface area contributed by atoms with Crippen LogP contribution in [0.25, 0.3) is 11.3 Å². The summed E-state index contributed by atoms with van der Waals surface area (Å²) in [5.41, 5.74) is -2.05. The molecule has 0 spiro atoms. The molecule has 0 atom stereocenters. The lowest BCUT2D eigenvalue weighted by molar-refractivity contribution is -0.211. The third-order valence-corrected chi connectivity index (χ3v) is 9.13. The molecule has 1 amide bonds. The maximum atomic E-state index is 13.4. The standard InChI is InChI=1S/C25H31ClF5N3O4S/c1-24(2,25(29,30)31)12-15-7-10-17(18(11-15)38-23(27)28)21-19(26)20(33-34(21)3)22(35)32-13-14-5-8-16(9-6-14)39(4,36)37/h7,10-11,14,16,23H,5-6,8-9,12-13H2,1-4H3,(H,32,35). The molecule has 7 nitrogen and oxygen atoms in total. The van der Waals surface area contributed by atoms with Crippen molar-refractivity contribution in [3.8, 4) is 17.0 Å². The minimum atomic E-state index is -4.52. The summed E-state index contributed by atoms with van der Waals surface area (Å²) in [5.74, 6) is -0.930. The quantitative estimate of drug-likeness (QED) is 0.368. The average Bonchev–Trinajstić information content (AvgIpc) is 3.10. The van der Waals surface area contributed by atoms with Crippen LogP contribution in [0, 0.1) is 11.3 Å². The Morgan fingerprint density at radius 1 is 1.21 bits per heavy atom. The molecule has 1 heterocycles. The van der Waals surface area contributed by atoms with E-state index < -0.39 is 46.1 Å². The molecular weight excluding hydrogens is 569 g/mol. The summed E-state index contributed by atoms with van der Waals surface area (Å²) < 4.78 is 95.8. The average molecular weight is 600 g/mol. The van der Waals surface area contributed by atoms with E-state index in [0.717, 1.165) is 19.9 Å². The van der Waals surface area contributed by atoms with Crippen molar-refractivity contribution in [1.82, 2.24) is 15.1 Å². The van der Waals surface area contributed by atoms with E-state index in [0.29, 0.717) is 25.7 Å². The Morgan fingerprint density at radius 3 is 2.36 bits per heavy atom. The predicted octanol–water partition coefficient (Wildman–Crippen LogP) is 5.81. The number of benzene rings is 1. The normalized spacial score (nSPS) is 18.8. The SMILES string of the molecule is Cn1nc(C(=O)NCC2CCC(S(C)(=O)=O)CC2)c(Cl)c1-c1ccc(CC(C)(C)C(F)(F)F)cc1OC(F)F. The summed E-state index contributed by atoms with van der Waals surface area (Å²) >= 11 is 6.46.